The fourth-order valence-electron chi connectivity index (χ4n) is 2.30. The van der Waals surface area contributed by atoms with Crippen molar-refractivity contribution in [3.05, 3.63) is 70.5 Å². The summed E-state index contributed by atoms with van der Waals surface area (Å²) >= 11 is 0. The van der Waals surface area contributed by atoms with Crippen LogP contribution < -0.4 is 5.32 Å². The summed E-state index contributed by atoms with van der Waals surface area (Å²) in [6.07, 6.45) is 5.70. The second-order valence-electron chi connectivity index (χ2n) is 5.57. The highest BCUT2D eigenvalue weighted by Crippen LogP contribution is 2.11. The van der Waals surface area contributed by atoms with Gasteiger partial charge in [0.05, 0.1) is 23.4 Å². The Kier molecular flexibility index (Phi) is 5.02. The molecule has 0 fully saturated rings. The predicted molar refractivity (Wildman–Crippen MR) is 89.9 cm³/mol. The Balaban J connectivity index is 1.50. The van der Waals surface area contributed by atoms with Crippen molar-refractivity contribution in [2.24, 2.45) is 0 Å². The number of nitrogens with one attached hydrogen (secondary N) is 1. The number of nitrogens with zero attached hydrogens (tertiary/aromatic N) is 5. The summed E-state index contributed by atoms with van der Waals surface area (Å²) in [6, 6.07) is 6.08. The van der Waals surface area contributed by atoms with E-state index in [1.807, 2.05) is 0 Å². The van der Waals surface area contributed by atoms with Crippen molar-refractivity contribution in [1.29, 1.82) is 0 Å². The number of benzene rings is 1. The van der Waals surface area contributed by atoms with Crippen LogP contribution in [0.2, 0.25) is 0 Å². The minimum Gasteiger partial charge on any atom is -0.323 e. The Bertz CT molecular complexity index is 918. The second kappa shape index (κ2) is 7.55. The van der Waals surface area contributed by atoms with Gasteiger partial charge in [-0.25, -0.2) is 4.39 Å². The Morgan fingerprint density at radius 1 is 1.15 bits per heavy atom. The van der Waals surface area contributed by atoms with Crippen LogP contribution in [-0.4, -0.2) is 30.4 Å². The average molecular weight is 358 g/mol. The van der Waals surface area contributed by atoms with Crippen molar-refractivity contribution in [2.45, 2.75) is 19.5 Å². The first-order valence-corrected chi connectivity index (χ1v) is 7.73. The number of carbonyl (C=O) groups excluding carboxylic acids is 1. The molecular weight excluding hydrogens is 343 g/mol. The molecule has 0 radical (unpaired) electrons. The zero-order valence-corrected chi connectivity index (χ0v) is 13.6. The first kappa shape index (κ1) is 17.3. The van der Waals surface area contributed by atoms with Crippen LogP contribution in [0.15, 0.2) is 49.1 Å². The fourth-order valence-corrected chi connectivity index (χ4v) is 2.30. The molecule has 0 atom stereocenters. The van der Waals surface area contributed by atoms with Crippen LogP contribution in [0.5, 0.6) is 0 Å². The van der Waals surface area contributed by atoms with Crippen LogP contribution in [0, 0.1) is 15.9 Å². The molecule has 2 heterocycles. The summed E-state index contributed by atoms with van der Waals surface area (Å²) < 4.78 is 15.9. The lowest BCUT2D eigenvalue weighted by Gasteiger charge is -2.03. The molecule has 1 amide bonds. The van der Waals surface area contributed by atoms with Crippen LogP contribution in [0.1, 0.15) is 12.0 Å². The molecule has 0 spiro atoms. The number of rotatable bonds is 7. The molecule has 0 aliphatic heterocycles. The molecule has 0 aliphatic rings. The number of nitro groups is 1. The first-order valence-electron chi connectivity index (χ1n) is 7.73. The van der Waals surface area contributed by atoms with Crippen LogP contribution >= 0.6 is 0 Å². The van der Waals surface area contributed by atoms with Gasteiger partial charge in [0.15, 0.2) is 0 Å². The van der Waals surface area contributed by atoms with Gasteiger partial charge in [0.25, 0.3) is 0 Å². The third kappa shape index (κ3) is 4.50. The quantitative estimate of drug-likeness (QED) is 0.514. The van der Waals surface area contributed by atoms with Crippen molar-refractivity contribution < 1.29 is 14.1 Å². The van der Waals surface area contributed by atoms with Crippen molar-refractivity contribution in [2.75, 3.05) is 5.32 Å². The van der Waals surface area contributed by atoms with Gasteiger partial charge in [-0.05, 0) is 17.7 Å². The lowest BCUT2D eigenvalue weighted by atomic mass is 10.2. The summed E-state index contributed by atoms with van der Waals surface area (Å²) in [7, 11) is 0. The topological polar surface area (TPSA) is 108 Å². The molecule has 9 nitrogen and oxygen atoms in total. The van der Waals surface area contributed by atoms with Crippen molar-refractivity contribution >= 4 is 17.3 Å². The normalized spacial score (nSPS) is 10.7. The zero-order valence-electron chi connectivity index (χ0n) is 13.6. The largest absolute Gasteiger partial charge is 0.323 e. The molecule has 2 aromatic heterocycles. The van der Waals surface area contributed by atoms with Gasteiger partial charge >= 0.3 is 5.69 Å². The fraction of sp³-hybridized carbons (Fsp3) is 0.188. The van der Waals surface area contributed by atoms with E-state index in [0.29, 0.717) is 12.2 Å². The van der Waals surface area contributed by atoms with Crippen LogP contribution in [0.3, 0.4) is 0 Å². The first-order chi connectivity index (χ1) is 12.5. The molecule has 10 heteroatoms. The van der Waals surface area contributed by atoms with E-state index in [1.54, 1.807) is 23.0 Å². The Morgan fingerprint density at radius 3 is 2.58 bits per heavy atom. The number of anilines is 1. The molecule has 1 N–H and O–H groups in total. The van der Waals surface area contributed by atoms with Gasteiger partial charge < -0.3 is 5.32 Å². The van der Waals surface area contributed by atoms with E-state index >= 15 is 0 Å². The minimum atomic E-state index is -0.543. The average Bonchev–Trinajstić information content (AvgIpc) is 3.25. The molecule has 0 aliphatic carbocycles. The van der Waals surface area contributed by atoms with Crippen molar-refractivity contribution in [1.82, 2.24) is 19.6 Å². The second-order valence-corrected chi connectivity index (χ2v) is 5.57. The van der Waals surface area contributed by atoms with Gasteiger partial charge in [0, 0.05) is 19.2 Å². The van der Waals surface area contributed by atoms with Gasteiger partial charge in [-0.1, -0.05) is 12.1 Å². The Morgan fingerprint density at radius 2 is 1.88 bits per heavy atom. The number of carbonyl (C=O) groups is 1. The maximum Gasteiger partial charge on any atom is 0.306 e. The van der Waals surface area contributed by atoms with E-state index in [-0.39, 0.29) is 30.4 Å². The summed E-state index contributed by atoms with van der Waals surface area (Å²) in [4.78, 5) is 22.0. The molecule has 0 bridgehead atoms. The molecule has 0 unspecified atom stereocenters. The SMILES string of the molecule is O=C(CCn1cc([N+](=O)[O-])cn1)Nc1cnn(Cc2ccc(F)cc2)c1. The van der Waals surface area contributed by atoms with Gasteiger partial charge in [0.1, 0.15) is 18.2 Å². The number of amides is 1. The lowest BCUT2D eigenvalue weighted by molar-refractivity contribution is -0.385. The summed E-state index contributed by atoms with van der Waals surface area (Å²) in [5.41, 5.74) is 1.30. The predicted octanol–water partition coefficient (Wildman–Crippen LogP) is 2.20. The monoisotopic (exact) mass is 358 g/mol. The summed E-state index contributed by atoms with van der Waals surface area (Å²) in [6.45, 7) is 0.677. The van der Waals surface area contributed by atoms with Crippen LogP contribution in [0.25, 0.3) is 0 Å². The van der Waals surface area contributed by atoms with E-state index in [0.717, 1.165) is 11.8 Å². The summed E-state index contributed by atoms with van der Waals surface area (Å²) in [5.74, 6) is -0.561. The van der Waals surface area contributed by atoms with Gasteiger partial charge in [-0.15, -0.1) is 0 Å². The van der Waals surface area contributed by atoms with Crippen LogP contribution in [0.4, 0.5) is 15.8 Å². The van der Waals surface area contributed by atoms with Crippen molar-refractivity contribution in [3.63, 3.8) is 0 Å². The number of aryl methyl sites for hydroxylation is 1. The van der Waals surface area contributed by atoms with Gasteiger partial charge in [-0.2, -0.15) is 10.2 Å². The number of hydrogen-bond donors (Lipinski definition) is 1. The van der Waals surface area contributed by atoms with E-state index in [1.165, 1.54) is 29.2 Å². The highest BCUT2D eigenvalue weighted by Gasteiger charge is 2.10. The molecule has 3 rings (SSSR count). The standard InChI is InChI=1S/C16H15FN6O3/c17-13-3-1-12(2-4-13)9-22-10-14(7-18-22)20-16(24)5-6-21-11-15(8-19-21)23(25)26/h1-4,7-8,10-11H,5-6,9H2,(H,20,24). The molecule has 26 heavy (non-hydrogen) atoms. The molecule has 0 saturated carbocycles. The Labute approximate surface area is 147 Å². The summed E-state index contributed by atoms with van der Waals surface area (Å²) in [5, 5.41) is 21.3. The van der Waals surface area contributed by atoms with Gasteiger partial charge in [0.2, 0.25) is 5.91 Å². The number of aromatic nitrogens is 4. The molecule has 3 aromatic rings. The highest BCUT2D eigenvalue weighted by molar-refractivity contribution is 5.90. The lowest BCUT2D eigenvalue weighted by Crippen LogP contribution is -2.14. The maximum atomic E-state index is 12.9. The van der Waals surface area contributed by atoms with Crippen LogP contribution in [-0.2, 0) is 17.9 Å². The third-order valence-corrected chi connectivity index (χ3v) is 3.57. The highest BCUT2D eigenvalue weighted by atomic mass is 19.1. The van der Waals surface area contributed by atoms with E-state index < -0.39 is 4.92 Å². The molecule has 0 saturated heterocycles. The Hall–Kier alpha value is -3.56. The molecular formula is C16H15FN6O3. The van der Waals surface area contributed by atoms with Gasteiger partial charge in [-0.3, -0.25) is 24.3 Å². The zero-order chi connectivity index (χ0) is 18.5. The van der Waals surface area contributed by atoms with E-state index in [4.69, 9.17) is 0 Å². The van der Waals surface area contributed by atoms with E-state index in [2.05, 4.69) is 15.5 Å². The minimum absolute atomic E-state index is 0.113. The number of hydrogen-bond acceptors (Lipinski definition) is 5. The molecule has 1 aromatic carbocycles. The van der Waals surface area contributed by atoms with Crippen molar-refractivity contribution in [3.8, 4) is 0 Å². The maximum absolute atomic E-state index is 12.9. The smallest absolute Gasteiger partial charge is 0.306 e. The number of halogens is 1. The molecule has 134 valence electrons. The van der Waals surface area contributed by atoms with E-state index in [9.17, 15) is 19.3 Å². The third-order valence-electron chi connectivity index (χ3n) is 3.57.